The van der Waals surface area contributed by atoms with Gasteiger partial charge in [0, 0.05) is 11.5 Å². The van der Waals surface area contributed by atoms with Crippen molar-refractivity contribution in [3.63, 3.8) is 0 Å². The molecule has 2 heterocycles. The van der Waals surface area contributed by atoms with E-state index >= 15 is 0 Å². The molecular weight excluding hydrogens is 222 g/mol. The van der Waals surface area contributed by atoms with Gasteiger partial charge in [0.15, 0.2) is 5.69 Å². The molecule has 2 rings (SSSR count). The molecule has 0 bridgehead atoms. The topological polar surface area (TPSA) is 57.7 Å². The molecule has 17 heavy (non-hydrogen) atoms. The van der Waals surface area contributed by atoms with Crippen molar-refractivity contribution < 1.29 is 19.0 Å². The number of carbonyl (C=O) groups excluding carboxylic acids is 1. The summed E-state index contributed by atoms with van der Waals surface area (Å²) in [5.41, 5.74) is 0.210. The highest BCUT2D eigenvalue weighted by Gasteiger charge is 2.35. The molecule has 0 amide bonds. The van der Waals surface area contributed by atoms with E-state index in [4.69, 9.17) is 14.2 Å². The second kappa shape index (κ2) is 4.71. The van der Waals surface area contributed by atoms with Crippen LogP contribution in [0.4, 0.5) is 0 Å². The minimum absolute atomic E-state index is 0.0471. The van der Waals surface area contributed by atoms with Crippen LogP contribution < -0.4 is 4.74 Å². The first-order valence-electron chi connectivity index (χ1n) is 5.39. The number of hydrogen-bond acceptors (Lipinski definition) is 5. The quantitative estimate of drug-likeness (QED) is 0.738. The normalized spacial score (nSPS) is 17.1. The summed E-state index contributed by atoms with van der Waals surface area (Å²) in [6.45, 7) is 3.63. The molecule has 5 heteroatoms. The molecule has 0 radical (unpaired) electrons. The Morgan fingerprint density at radius 3 is 2.88 bits per heavy atom. The van der Waals surface area contributed by atoms with Crippen LogP contribution in [-0.4, -0.2) is 37.9 Å². The lowest BCUT2D eigenvalue weighted by Gasteiger charge is -2.37. The molecule has 0 aliphatic carbocycles. The van der Waals surface area contributed by atoms with Gasteiger partial charge in [0.2, 0.25) is 5.88 Å². The fourth-order valence-corrected chi connectivity index (χ4v) is 1.49. The van der Waals surface area contributed by atoms with Crippen molar-refractivity contribution in [1.82, 2.24) is 4.98 Å². The van der Waals surface area contributed by atoms with E-state index in [1.54, 1.807) is 18.2 Å². The van der Waals surface area contributed by atoms with Crippen molar-refractivity contribution in [3.8, 4) is 5.88 Å². The van der Waals surface area contributed by atoms with E-state index in [0.29, 0.717) is 25.7 Å². The Hall–Kier alpha value is -1.62. The minimum Gasteiger partial charge on any atom is -0.481 e. The van der Waals surface area contributed by atoms with Crippen molar-refractivity contribution in [1.29, 1.82) is 0 Å². The van der Waals surface area contributed by atoms with Gasteiger partial charge >= 0.3 is 5.97 Å². The Morgan fingerprint density at radius 1 is 1.53 bits per heavy atom. The van der Waals surface area contributed by atoms with Crippen LogP contribution in [-0.2, 0) is 9.47 Å². The van der Waals surface area contributed by atoms with Gasteiger partial charge < -0.3 is 14.2 Å². The lowest BCUT2D eigenvalue weighted by Crippen LogP contribution is -2.44. The zero-order valence-electron chi connectivity index (χ0n) is 9.93. The molecule has 1 aliphatic heterocycles. The van der Waals surface area contributed by atoms with Gasteiger partial charge in [-0.2, -0.15) is 0 Å². The van der Waals surface area contributed by atoms with E-state index in [1.807, 2.05) is 6.92 Å². The summed E-state index contributed by atoms with van der Waals surface area (Å²) < 4.78 is 15.2. The Balaban J connectivity index is 1.94. The first-order chi connectivity index (χ1) is 8.13. The van der Waals surface area contributed by atoms with E-state index < -0.39 is 5.97 Å². The predicted molar refractivity (Wildman–Crippen MR) is 60.0 cm³/mol. The predicted octanol–water partition coefficient (Wildman–Crippen LogP) is 1.28. The molecule has 1 fully saturated rings. The number of esters is 1. The number of methoxy groups -OCH3 is 1. The van der Waals surface area contributed by atoms with E-state index in [-0.39, 0.29) is 11.1 Å². The second-order valence-corrected chi connectivity index (χ2v) is 4.44. The molecule has 0 N–H and O–H groups in total. The molecule has 1 aromatic rings. The molecule has 0 spiro atoms. The molecule has 0 aromatic carbocycles. The lowest BCUT2D eigenvalue weighted by atomic mass is 9.90. The smallest absolute Gasteiger partial charge is 0.357 e. The Bertz CT molecular complexity index is 415. The number of rotatable bonds is 4. The molecule has 0 saturated carbocycles. The highest BCUT2D eigenvalue weighted by molar-refractivity contribution is 5.87. The monoisotopic (exact) mass is 237 g/mol. The summed E-state index contributed by atoms with van der Waals surface area (Å²) in [4.78, 5) is 15.7. The highest BCUT2D eigenvalue weighted by atomic mass is 16.5. The van der Waals surface area contributed by atoms with Crippen LogP contribution in [0.5, 0.6) is 5.88 Å². The molecular formula is C12H15NO4. The largest absolute Gasteiger partial charge is 0.481 e. The molecule has 1 aliphatic rings. The van der Waals surface area contributed by atoms with E-state index in [1.165, 1.54) is 7.11 Å². The fourth-order valence-electron chi connectivity index (χ4n) is 1.49. The first-order valence-corrected chi connectivity index (χ1v) is 5.39. The van der Waals surface area contributed by atoms with Gasteiger partial charge in [0.05, 0.1) is 20.3 Å². The number of nitrogens with zero attached hydrogens (tertiary/aromatic N) is 1. The van der Waals surface area contributed by atoms with Crippen molar-refractivity contribution in [2.24, 2.45) is 5.41 Å². The summed E-state index contributed by atoms with van der Waals surface area (Å²) in [5.74, 6) is -0.0327. The molecule has 0 atom stereocenters. The first kappa shape index (κ1) is 11.9. The van der Waals surface area contributed by atoms with Crippen LogP contribution in [0.1, 0.15) is 17.4 Å². The van der Waals surface area contributed by atoms with Crippen LogP contribution in [0, 0.1) is 5.41 Å². The summed E-state index contributed by atoms with van der Waals surface area (Å²) in [6.07, 6.45) is 0. The Labute approximate surface area is 99.7 Å². The number of hydrogen-bond donors (Lipinski definition) is 0. The fraction of sp³-hybridized carbons (Fsp3) is 0.500. The van der Waals surface area contributed by atoms with Crippen molar-refractivity contribution in [3.05, 3.63) is 23.9 Å². The minimum atomic E-state index is -0.433. The SMILES string of the molecule is COc1cccc(C(=O)OCC2(C)COC2)n1. The number of ether oxygens (including phenoxy) is 3. The van der Waals surface area contributed by atoms with E-state index in [0.717, 1.165) is 0 Å². The summed E-state index contributed by atoms with van der Waals surface area (Å²) in [7, 11) is 1.50. The van der Waals surface area contributed by atoms with E-state index in [9.17, 15) is 4.79 Å². The maximum absolute atomic E-state index is 11.7. The number of carbonyl (C=O) groups is 1. The van der Waals surface area contributed by atoms with Gasteiger partial charge in [-0.3, -0.25) is 0 Å². The van der Waals surface area contributed by atoms with Crippen LogP contribution in [0.25, 0.3) is 0 Å². The lowest BCUT2D eigenvalue weighted by molar-refractivity contribution is -0.127. The standard InChI is InChI=1S/C12H15NO4/c1-12(6-16-7-12)8-17-11(14)9-4-3-5-10(13-9)15-2/h3-5H,6-8H2,1-2H3. The van der Waals surface area contributed by atoms with Crippen molar-refractivity contribution in [2.45, 2.75) is 6.92 Å². The maximum atomic E-state index is 11.7. The van der Waals surface area contributed by atoms with Crippen molar-refractivity contribution in [2.75, 3.05) is 26.9 Å². The second-order valence-electron chi connectivity index (χ2n) is 4.44. The van der Waals surface area contributed by atoms with Gasteiger partial charge in [0.25, 0.3) is 0 Å². The van der Waals surface area contributed by atoms with Gasteiger partial charge in [-0.1, -0.05) is 13.0 Å². The number of pyridine rings is 1. The average molecular weight is 237 g/mol. The maximum Gasteiger partial charge on any atom is 0.357 e. The van der Waals surface area contributed by atoms with E-state index in [2.05, 4.69) is 4.98 Å². The van der Waals surface area contributed by atoms with Gasteiger partial charge in [0.1, 0.15) is 6.61 Å². The molecule has 1 saturated heterocycles. The molecule has 92 valence electrons. The molecule has 1 aromatic heterocycles. The average Bonchev–Trinajstić information content (AvgIpc) is 2.33. The summed E-state index contributed by atoms with van der Waals surface area (Å²) in [5, 5.41) is 0. The Morgan fingerprint density at radius 2 is 2.29 bits per heavy atom. The van der Waals surface area contributed by atoms with Crippen LogP contribution >= 0.6 is 0 Å². The molecule has 0 unspecified atom stereocenters. The summed E-state index contributed by atoms with van der Waals surface area (Å²) >= 11 is 0. The third-order valence-electron chi connectivity index (χ3n) is 2.59. The van der Waals surface area contributed by atoms with Crippen molar-refractivity contribution >= 4 is 5.97 Å². The number of aromatic nitrogens is 1. The Kier molecular flexibility index (Phi) is 3.28. The zero-order valence-corrected chi connectivity index (χ0v) is 9.93. The summed E-state index contributed by atoms with van der Waals surface area (Å²) in [6, 6.07) is 4.99. The van der Waals surface area contributed by atoms with Crippen LogP contribution in [0.15, 0.2) is 18.2 Å². The zero-order chi connectivity index (χ0) is 12.3. The van der Waals surface area contributed by atoms with Crippen LogP contribution in [0.3, 0.4) is 0 Å². The molecule has 5 nitrogen and oxygen atoms in total. The third-order valence-corrected chi connectivity index (χ3v) is 2.59. The van der Waals surface area contributed by atoms with Gasteiger partial charge in [-0.25, -0.2) is 9.78 Å². The van der Waals surface area contributed by atoms with Crippen LogP contribution in [0.2, 0.25) is 0 Å². The third kappa shape index (κ3) is 2.74. The highest BCUT2D eigenvalue weighted by Crippen LogP contribution is 2.26. The van der Waals surface area contributed by atoms with Gasteiger partial charge in [-0.05, 0) is 6.07 Å². The van der Waals surface area contributed by atoms with Gasteiger partial charge in [-0.15, -0.1) is 0 Å².